The first kappa shape index (κ1) is 19.5. The molecule has 1 unspecified atom stereocenters. The van der Waals surface area contributed by atoms with Gasteiger partial charge >= 0.3 is 5.97 Å². The lowest BCUT2D eigenvalue weighted by Crippen LogP contribution is -2.48. The zero-order valence-electron chi connectivity index (χ0n) is 15.1. The molecule has 0 saturated carbocycles. The fraction of sp³-hybridized carbons (Fsp3) is 0.316. The number of hydrogen-bond acceptors (Lipinski definition) is 5. The maximum atomic E-state index is 13.7. The summed E-state index contributed by atoms with van der Waals surface area (Å²) in [6.07, 6.45) is 0. The minimum absolute atomic E-state index is 0.00553. The van der Waals surface area contributed by atoms with E-state index in [1.165, 1.54) is 35.7 Å². The second kappa shape index (κ2) is 7.75. The molecule has 6 nitrogen and oxygen atoms in total. The third-order valence-corrected chi connectivity index (χ3v) is 6.52. The van der Waals surface area contributed by atoms with Crippen molar-refractivity contribution < 1.29 is 22.3 Å². The highest BCUT2D eigenvalue weighted by atomic mass is 32.2. The van der Waals surface area contributed by atoms with Gasteiger partial charge in [0.1, 0.15) is 5.82 Å². The van der Waals surface area contributed by atoms with Gasteiger partial charge in [-0.1, -0.05) is 23.8 Å². The van der Waals surface area contributed by atoms with E-state index in [1.807, 2.05) is 0 Å². The van der Waals surface area contributed by atoms with Gasteiger partial charge < -0.3 is 10.1 Å². The summed E-state index contributed by atoms with van der Waals surface area (Å²) in [5.41, 5.74) is 1.29. The highest BCUT2D eigenvalue weighted by Crippen LogP contribution is 2.31. The lowest BCUT2D eigenvalue weighted by atomic mass is 10.1. The molecule has 1 aliphatic heterocycles. The molecule has 2 aromatic carbocycles. The molecular formula is C19H21FN2O4S. The van der Waals surface area contributed by atoms with Crippen LogP contribution in [0, 0.1) is 12.7 Å². The maximum absolute atomic E-state index is 13.7. The van der Waals surface area contributed by atoms with Crippen LogP contribution in [0.1, 0.15) is 27.5 Å². The summed E-state index contributed by atoms with van der Waals surface area (Å²) in [4.78, 5) is 12.0. The van der Waals surface area contributed by atoms with E-state index < -0.39 is 27.9 Å². The molecule has 0 aliphatic carbocycles. The van der Waals surface area contributed by atoms with Crippen LogP contribution in [0.3, 0.4) is 0 Å². The molecule has 0 spiro atoms. The van der Waals surface area contributed by atoms with E-state index in [4.69, 9.17) is 4.74 Å². The van der Waals surface area contributed by atoms with Crippen molar-refractivity contribution in [3.8, 4) is 0 Å². The summed E-state index contributed by atoms with van der Waals surface area (Å²) in [5, 5.41) is 3.14. The maximum Gasteiger partial charge on any atom is 0.339 e. The number of halogens is 1. The third kappa shape index (κ3) is 3.87. The Morgan fingerprint density at radius 2 is 2.04 bits per heavy atom. The Morgan fingerprint density at radius 3 is 2.74 bits per heavy atom. The smallest absolute Gasteiger partial charge is 0.339 e. The Kier molecular flexibility index (Phi) is 5.59. The van der Waals surface area contributed by atoms with Crippen molar-refractivity contribution in [2.75, 3.05) is 26.7 Å². The summed E-state index contributed by atoms with van der Waals surface area (Å²) in [6.45, 7) is 2.79. The van der Waals surface area contributed by atoms with Crippen LogP contribution in [-0.4, -0.2) is 45.4 Å². The Balaban J connectivity index is 2.09. The van der Waals surface area contributed by atoms with Gasteiger partial charge in [0.05, 0.1) is 23.6 Å². The van der Waals surface area contributed by atoms with E-state index in [0.29, 0.717) is 18.7 Å². The van der Waals surface area contributed by atoms with E-state index in [0.717, 1.165) is 5.56 Å². The molecule has 1 heterocycles. The summed E-state index contributed by atoms with van der Waals surface area (Å²) < 4.78 is 46.6. The van der Waals surface area contributed by atoms with Gasteiger partial charge in [-0.25, -0.2) is 17.6 Å². The van der Waals surface area contributed by atoms with Crippen molar-refractivity contribution in [3.05, 3.63) is 65.0 Å². The molecule has 2 aromatic rings. The first-order valence-corrected chi connectivity index (χ1v) is 9.95. The third-order valence-electron chi connectivity index (χ3n) is 4.55. The summed E-state index contributed by atoms with van der Waals surface area (Å²) in [7, 11) is -2.79. The molecule has 1 atom stereocenters. The van der Waals surface area contributed by atoms with Gasteiger partial charge in [0.2, 0.25) is 10.0 Å². The molecule has 1 N–H and O–H groups in total. The Bertz CT molecular complexity index is 962. The standard InChI is InChI=1S/C19H21FN2O4S/c1-13-6-7-18(16(10-13)19(23)26-2)27(24,25)22-9-8-21-12-17(22)14-4-3-5-15(20)11-14/h3-7,10-11,17,21H,8-9,12H2,1-2H3. The fourth-order valence-electron chi connectivity index (χ4n) is 3.24. The van der Waals surface area contributed by atoms with Crippen LogP contribution in [0.2, 0.25) is 0 Å². The number of nitrogens with one attached hydrogen (secondary N) is 1. The van der Waals surface area contributed by atoms with Crippen molar-refractivity contribution in [3.63, 3.8) is 0 Å². The number of carbonyl (C=O) groups excluding carboxylic acids is 1. The number of hydrogen-bond donors (Lipinski definition) is 1. The van der Waals surface area contributed by atoms with Gasteiger partial charge in [-0.3, -0.25) is 0 Å². The summed E-state index contributed by atoms with van der Waals surface area (Å²) in [6, 6.07) is 9.87. The molecule has 8 heteroatoms. The SMILES string of the molecule is COC(=O)c1cc(C)ccc1S(=O)(=O)N1CCNCC1c1cccc(F)c1. The zero-order chi connectivity index (χ0) is 19.6. The predicted octanol–water partition coefficient (Wildman–Crippen LogP) is 2.26. The van der Waals surface area contributed by atoms with Crippen LogP contribution >= 0.6 is 0 Å². The van der Waals surface area contributed by atoms with E-state index >= 15 is 0 Å². The monoisotopic (exact) mass is 392 g/mol. The Morgan fingerprint density at radius 1 is 1.26 bits per heavy atom. The van der Waals surface area contributed by atoms with E-state index in [-0.39, 0.29) is 17.0 Å². The molecule has 1 fully saturated rings. The molecule has 0 amide bonds. The molecule has 144 valence electrons. The first-order chi connectivity index (χ1) is 12.8. The van der Waals surface area contributed by atoms with Gasteiger partial charge in [-0.05, 0) is 36.8 Å². The van der Waals surface area contributed by atoms with Crippen LogP contribution < -0.4 is 5.32 Å². The fourth-order valence-corrected chi connectivity index (χ4v) is 5.01. The Hall–Kier alpha value is -2.29. The first-order valence-electron chi connectivity index (χ1n) is 8.51. The second-order valence-electron chi connectivity index (χ2n) is 6.38. The quantitative estimate of drug-likeness (QED) is 0.808. The van der Waals surface area contributed by atoms with Gasteiger partial charge in [-0.15, -0.1) is 0 Å². The number of aryl methyl sites for hydroxylation is 1. The molecule has 0 bridgehead atoms. The normalized spacial score (nSPS) is 18.3. The molecule has 0 radical (unpaired) electrons. The number of benzene rings is 2. The number of sulfonamides is 1. The van der Waals surface area contributed by atoms with Gasteiger partial charge in [0, 0.05) is 19.6 Å². The summed E-state index contributed by atoms with van der Waals surface area (Å²) >= 11 is 0. The second-order valence-corrected chi connectivity index (χ2v) is 8.24. The Labute approximate surface area is 158 Å². The van der Waals surface area contributed by atoms with Crippen LogP contribution in [0.4, 0.5) is 4.39 Å². The number of esters is 1. The zero-order valence-corrected chi connectivity index (χ0v) is 15.9. The average molecular weight is 392 g/mol. The molecule has 1 saturated heterocycles. The van der Waals surface area contributed by atoms with Crippen molar-refractivity contribution in [1.82, 2.24) is 9.62 Å². The van der Waals surface area contributed by atoms with Crippen LogP contribution in [0.15, 0.2) is 47.4 Å². The molecule has 27 heavy (non-hydrogen) atoms. The van der Waals surface area contributed by atoms with E-state index in [1.54, 1.807) is 25.1 Å². The van der Waals surface area contributed by atoms with Crippen LogP contribution in [0.25, 0.3) is 0 Å². The number of ether oxygens (including phenoxy) is 1. The lowest BCUT2D eigenvalue weighted by molar-refractivity contribution is 0.0596. The number of carbonyl (C=O) groups is 1. The van der Waals surface area contributed by atoms with Gasteiger partial charge in [0.15, 0.2) is 0 Å². The molecule has 1 aliphatic rings. The molecule has 3 rings (SSSR count). The lowest BCUT2D eigenvalue weighted by Gasteiger charge is -2.35. The van der Waals surface area contributed by atoms with Gasteiger partial charge in [0.25, 0.3) is 0 Å². The van der Waals surface area contributed by atoms with Crippen LogP contribution in [0.5, 0.6) is 0 Å². The summed E-state index contributed by atoms with van der Waals surface area (Å²) in [5.74, 6) is -1.14. The van der Waals surface area contributed by atoms with Crippen molar-refractivity contribution in [2.45, 2.75) is 17.9 Å². The highest BCUT2D eigenvalue weighted by molar-refractivity contribution is 7.89. The van der Waals surface area contributed by atoms with E-state index in [2.05, 4.69) is 5.32 Å². The largest absolute Gasteiger partial charge is 0.465 e. The number of piperazine rings is 1. The van der Waals surface area contributed by atoms with Crippen LogP contribution in [-0.2, 0) is 14.8 Å². The minimum atomic E-state index is -4.00. The number of methoxy groups -OCH3 is 1. The van der Waals surface area contributed by atoms with Gasteiger partial charge in [-0.2, -0.15) is 4.31 Å². The minimum Gasteiger partial charge on any atom is -0.465 e. The van der Waals surface area contributed by atoms with Crippen molar-refractivity contribution in [2.24, 2.45) is 0 Å². The number of rotatable bonds is 4. The molecular weight excluding hydrogens is 371 g/mol. The topological polar surface area (TPSA) is 75.7 Å². The van der Waals surface area contributed by atoms with E-state index in [9.17, 15) is 17.6 Å². The van der Waals surface area contributed by atoms with Crippen molar-refractivity contribution in [1.29, 1.82) is 0 Å². The predicted molar refractivity (Wildman–Crippen MR) is 98.4 cm³/mol. The molecule has 0 aromatic heterocycles. The number of nitrogens with zero attached hydrogens (tertiary/aromatic N) is 1. The van der Waals surface area contributed by atoms with Crippen molar-refractivity contribution >= 4 is 16.0 Å². The average Bonchev–Trinajstić information content (AvgIpc) is 2.67. The highest BCUT2D eigenvalue weighted by Gasteiger charge is 2.36.